The van der Waals surface area contributed by atoms with Gasteiger partial charge in [-0.1, -0.05) is 50.2 Å². The van der Waals surface area contributed by atoms with Crippen LogP contribution in [0.15, 0.2) is 85.1 Å². The minimum absolute atomic E-state index is 0.194. The topological polar surface area (TPSA) is 74.7 Å². The van der Waals surface area contributed by atoms with Crippen LogP contribution in [0.25, 0.3) is 44.8 Å². The van der Waals surface area contributed by atoms with Crippen molar-refractivity contribution in [3.63, 3.8) is 0 Å². The van der Waals surface area contributed by atoms with Crippen LogP contribution in [0, 0.1) is 17.2 Å². The van der Waals surface area contributed by atoms with Gasteiger partial charge in [0.1, 0.15) is 11.6 Å². The summed E-state index contributed by atoms with van der Waals surface area (Å²) in [5.74, 6) is 1.29. The molecule has 0 aliphatic rings. The Morgan fingerprint density at radius 1 is 0.912 bits per heavy atom. The molecule has 0 unspecified atom stereocenters. The highest BCUT2D eigenvalue weighted by molar-refractivity contribution is 5.96. The van der Waals surface area contributed by atoms with Crippen LogP contribution in [0.5, 0.6) is 5.75 Å². The second kappa shape index (κ2) is 8.84. The van der Waals surface area contributed by atoms with Gasteiger partial charge in [-0.2, -0.15) is 5.26 Å². The molecule has 0 saturated heterocycles. The number of benzene rings is 3. The van der Waals surface area contributed by atoms with Crippen molar-refractivity contribution in [3.8, 4) is 45.6 Å². The number of hydrogen-bond acceptors (Lipinski definition) is 4. The highest BCUT2D eigenvalue weighted by atomic mass is 16.3. The zero-order chi connectivity index (χ0) is 23.7. The molecule has 0 aliphatic carbocycles. The molecule has 5 rings (SSSR count). The van der Waals surface area contributed by atoms with E-state index in [0.29, 0.717) is 22.9 Å². The number of phenols is 1. The highest BCUT2D eigenvalue weighted by Gasteiger charge is 2.20. The van der Waals surface area contributed by atoms with Crippen LogP contribution in [0.4, 0.5) is 0 Å². The number of hydrogen-bond donors (Lipinski definition) is 1. The number of imidazole rings is 1. The molecule has 0 fully saturated rings. The quantitative estimate of drug-likeness (QED) is 0.329. The molecule has 5 heteroatoms. The lowest BCUT2D eigenvalue weighted by atomic mass is 9.95. The first kappa shape index (κ1) is 21.4. The van der Waals surface area contributed by atoms with Gasteiger partial charge in [0, 0.05) is 29.4 Å². The van der Waals surface area contributed by atoms with Gasteiger partial charge in [-0.3, -0.25) is 4.98 Å². The van der Waals surface area contributed by atoms with Gasteiger partial charge in [-0.05, 0) is 48.4 Å². The third-order valence-corrected chi connectivity index (χ3v) is 5.86. The molecule has 5 nitrogen and oxygen atoms in total. The zero-order valence-corrected chi connectivity index (χ0v) is 19.1. The summed E-state index contributed by atoms with van der Waals surface area (Å²) in [7, 11) is 0. The van der Waals surface area contributed by atoms with Crippen LogP contribution in [0.1, 0.15) is 19.4 Å². The van der Waals surface area contributed by atoms with Gasteiger partial charge in [0.2, 0.25) is 0 Å². The van der Waals surface area contributed by atoms with Gasteiger partial charge >= 0.3 is 0 Å². The second-order valence-electron chi connectivity index (χ2n) is 8.72. The molecule has 0 saturated carbocycles. The smallest absolute Gasteiger partial charge is 0.144 e. The summed E-state index contributed by atoms with van der Waals surface area (Å²) in [4.78, 5) is 9.50. The van der Waals surface area contributed by atoms with Crippen molar-refractivity contribution in [2.45, 2.75) is 20.4 Å². The molecule has 0 amide bonds. The van der Waals surface area contributed by atoms with E-state index in [1.165, 1.54) is 0 Å². The van der Waals surface area contributed by atoms with Crippen molar-refractivity contribution < 1.29 is 5.11 Å². The van der Waals surface area contributed by atoms with E-state index in [1.54, 1.807) is 12.3 Å². The monoisotopic (exact) mass is 444 g/mol. The summed E-state index contributed by atoms with van der Waals surface area (Å²) in [6, 6.07) is 27.2. The number of aromatic nitrogens is 3. The Bertz CT molecular complexity index is 1530. The molecule has 0 radical (unpaired) electrons. The standard InChI is InChI=1S/C29H24N4O/c1-19(2)18-33-26-11-7-9-22(28(26)32-29(33)23-8-3-4-12-27(23)34)24-16-20(13-14-21(24)17-30)25-10-5-6-15-31-25/h3-16,19,34H,18H2,1-2H3. The Morgan fingerprint density at radius 2 is 1.71 bits per heavy atom. The Balaban J connectivity index is 1.78. The molecular formula is C29H24N4O. The third-order valence-electron chi connectivity index (χ3n) is 5.86. The number of rotatable bonds is 5. The number of nitrogens with zero attached hydrogens (tertiary/aromatic N) is 4. The Hall–Kier alpha value is -4.43. The predicted molar refractivity (Wildman–Crippen MR) is 135 cm³/mol. The van der Waals surface area contributed by atoms with Gasteiger partial charge in [0.15, 0.2) is 0 Å². The van der Waals surface area contributed by atoms with Crippen molar-refractivity contribution in [1.29, 1.82) is 5.26 Å². The Morgan fingerprint density at radius 3 is 2.44 bits per heavy atom. The summed E-state index contributed by atoms with van der Waals surface area (Å²) in [6.45, 7) is 5.07. The first-order chi connectivity index (χ1) is 16.6. The summed E-state index contributed by atoms with van der Waals surface area (Å²) in [5, 5.41) is 20.5. The zero-order valence-electron chi connectivity index (χ0n) is 19.1. The first-order valence-electron chi connectivity index (χ1n) is 11.3. The number of fused-ring (bicyclic) bond motifs is 1. The van der Waals surface area contributed by atoms with E-state index in [0.717, 1.165) is 40.0 Å². The summed E-state index contributed by atoms with van der Waals surface area (Å²) in [6.07, 6.45) is 1.76. The van der Waals surface area contributed by atoms with E-state index >= 15 is 0 Å². The lowest BCUT2D eigenvalue weighted by Crippen LogP contribution is -2.06. The highest BCUT2D eigenvalue weighted by Crippen LogP contribution is 2.37. The third kappa shape index (κ3) is 3.80. The molecule has 0 atom stereocenters. The average Bonchev–Trinajstić information content (AvgIpc) is 3.22. The molecule has 166 valence electrons. The van der Waals surface area contributed by atoms with Crippen LogP contribution in [0.2, 0.25) is 0 Å². The van der Waals surface area contributed by atoms with Gasteiger partial charge in [0.05, 0.1) is 33.9 Å². The largest absolute Gasteiger partial charge is 0.507 e. The van der Waals surface area contributed by atoms with E-state index in [2.05, 4.69) is 29.5 Å². The summed E-state index contributed by atoms with van der Waals surface area (Å²) < 4.78 is 2.16. The number of nitriles is 1. The minimum Gasteiger partial charge on any atom is -0.507 e. The van der Waals surface area contributed by atoms with Crippen LogP contribution in [-0.4, -0.2) is 19.6 Å². The lowest BCUT2D eigenvalue weighted by Gasteiger charge is -2.13. The van der Waals surface area contributed by atoms with Gasteiger partial charge in [-0.25, -0.2) is 4.98 Å². The SMILES string of the molecule is CC(C)Cn1c(-c2ccccc2O)nc2c(-c3cc(-c4ccccn4)ccc3C#N)cccc21. The lowest BCUT2D eigenvalue weighted by molar-refractivity contribution is 0.475. The summed E-state index contributed by atoms with van der Waals surface area (Å²) >= 11 is 0. The van der Waals surface area contributed by atoms with E-state index in [9.17, 15) is 10.4 Å². The van der Waals surface area contributed by atoms with Crippen LogP contribution >= 0.6 is 0 Å². The molecule has 0 bridgehead atoms. The van der Waals surface area contributed by atoms with Gasteiger partial charge < -0.3 is 9.67 Å². The second-order valence-corrected chi connectivity index (χ2v) is 8.72. The van der Waals surface area contributed by atoms with E-state index < -0.39 is 0 Å². The van der Waals surface area contributed by atoms with E-state index in [-0.39, 0.29) is 5.75 Å². The normalized spacial score (nSPS) is 11.1. The van der Waals surface area contributed by atoms with Crippen molar-refractivity contribution in [2.75, 3.05) is 0 Å². The fraction of sp³-hybridized carbons (Fsp3) is 0.138. The molecule has 0 aliphatic heterocycles. The molecule has 3 aromatic carbocycles. The van der Waals surface area contributed by atoms with E-state index in [4.69, 9.17) is 4.98 Å². The number of aromatic hydroxyl groups is 1. The average molecular weight is 445 g/mol. The van der Waals surface area contributed by atoms with Crippen LogP contribution < -0.4 is 0 Å². The van der Waals surface area contributed by atoms with Crippen molar-refractivity contribution >= 4 is 11.0 Å². The molecule has 2 heterocycles. The fourth-order valence-corrected chi connectivity index (χ4v) is 4.34. The minimum atomic E-state index is 0.194. The maximum atomic E-state index is 10.6. The molecule has 34 heavy (non-hydrogen) atoms. The summed E-state index contributed by atoms with van der Waals surface area (Å²) in [5.41, 5.74) is 6.52. The number of para-hydroxylation sites is 2. The van der Waals surface area contributed by atoms with Crippen molar-refractivity contribution in [3.05, 3.63) is 90.6 Å². The van der Waals surface area contributed by atoms with Crippen LogP contribution in [-0.2, 0) is 6.54 Å². The molecule has 2 aromatic heterocycles. The van der Waals surface area contributed by atoms with Crippen LogP contribution in [0.3, 0.4) is 0 Å². The van der Waals surface area contributed by atoms with E-state index in [1.807, 2.05) is 72.8 Å². The molecule has 1 N–H and O–H groups in total. The molecule has 0 spiro atoms. The number of pyridine rings is 1. The van der Waals surface area contributed by atoms with Gasteiger partial charge in [0.25, 0.3) is 0 Å². The van der Waals surface area contributed by atoms with Gasteiger partial charge in [-0.15, -0.1) is 0 Å². The Labute approximate surface area is 198 Å². The van der Waals surface area contributed by atoms with Crippen molar-refractivity contribution in [2.24, 2.45) is 5.92 Å². The van der Waals surface area contributed by atoms with Crippen molar-refractivity contribution in [1.82, 2.24) is 14.5 Å². The maximum Gasteiger partial charge on any atom is 0.144 e. The molecule has 5 aromatic rings. The Kier molecular flexibility index (Phi) is 5.57. The predicted octanol–water partition coefficient (Wildman–Crippen LogP) is 6.67. The maximum absolute atomic E-state index is 10.6. The number of phenolic OH excluding ortho intramolecular Hbond substituents is 1. The molecular weight excluding hydrogens is 420 g/mol. The fourth-order valence-electron chi connectivity index (χ4n) is 4.34. The first-order valence-corrected chi connectivity index (χ1v) is 11.3.